The van der Waals surface area contributed by atoms with Gasteiger partial charge >= 0.3 is 18.1 Å². The lowest BCUT2D eigenvalue weighted by atomic mass is 10.0. The van der Waals surface area contributed by atoms with E-state index in [4.69, 9.17) is 44.6 Å². The number of aromatic carboxylic acids is 1. The van der Waals surface area contributed by atoms with Gasteiger partial charge in [-0.25, -0.2) is 19.6 Å². The molecule has 14 rings (SSSR count). The molecule has 2 unspecified atom stereocenters. The molecule has 8 aliphatic rings. The first kappa shape index (κ1) is 96.7. The summed E-state index contributed by atoms with van der Waals surface area (Å²) < 4.78 is 53.9. The standard InChI is InChI=1S/C43H51N9O9.C22H27N5O4.C21H26N4O6.C2HF3O2/c1-4-29-41(58)50(2)31-23-46-43(49-37(31)51(29)26-12-7-8-13-26)47-28-17-16-25(22-33(28)60-3)38(55)45-21-10-6-5-9-20-44-35(54)24-61-32-15-11-14-27-36(32)42(59)52(40(27)57)30-18-19-34(53)48-39(30)56;1-4-16-20(28)26(2)17-12-23-22(25-19(17)27(16)14-7-5-6-8-14)24-15-10-9-13(21(29)30)11-18(15)31-3;22-10-3-1-2-4-11-23-17(27)12-31-15-7-5-6-13-18(15)21(30)25(20(13)29)14-8-9-16(26)24-19(14)28;3-2(4,5)1(6)7/h11,14-17,22-23,26,29-30H,4-10,12-13,18-21,24H2,1-3H3,(H,44,54)(H,45,55)(H,46,47,49)(H,48,53,56);9-12,14,16H,4-8H2,1-3H3,(H,29,30)(H,23,24,25);5-7,14H,1-4,8-12,22H2,(H,23,27)(H,24,26,28);(H,6,7)/t29-,30?;16-;;/m11../s1. The molecule has 0 spiro atoms. The van der Waals surface area contributed by atoms with E-state index in [1.807, 2.05) is 13.8 Å². The fourth-order valence-electron chi connectivity index (χ4n) is 16.6. The Morgan fingerprint density at radius 2 is 0.908 bits per heavy atom. The van der Waals surface area contributed by atoms with E-state index in [1.54, 1.807) is 66.6 Å². The number of ether oxygens (including phenoxy) is 4. The summed E-state index contributed by atoms with van der Waals surface area (Å²) in [7, 11) is 6.54. The van der Waals surface area contributed by atoms with Crippen molar-refractivity contribution >= 4 is 135 Å². The summed E-state index contributed by atoms with van der Waals surface area (Å²) >= 11 is 0. The number of imide groups is 4. The van der Waals surface area contributed by atoms with Gasteiger partial charge in [-0.15, -0.1) is 0 Å². The highest BCUT2D eigenvalue weighted by Gasteiger charge is 2.50. The van der Waals surface area contributed by atoms with Crippen LogP contribution in [0.1, 0.15) is 217 Å². The summed E-state index contributed by atoms with van der Waals surface area (Å²) in [6.45, 7) is 5.39. The number of amides is 13. The molecule has 4 aromatic carbocycles. The minimum absolute atomic E-state index is 0.00724. The van der Waals surface area contributed by atoms with E-state index in [1.165, 1.54) is 56.7 Å². The number of likely N-dealkylation sites (N-methyl/N-ethyl adjacent to an activating group) is 2. The topological polar surface area (TPSA) is 515 Å². The number of halogens is 3. The average Bonchev–Trinajstić information content (AvgIpc) is 1.72. The SMILES string of the molecule is CC[C@@H]1C(=O)N(C)c2cnc(Nc3ccc(C(=O)NCCCCCCNC(=O)COc4cccc5c4C(=O)N(C4CCC(=O)NC4=O)C5=O)cc3OC)nc2N1C1CCCC1.CC[C@@H]1C(=O)N(C)c2cnc(Nc3ccc(C(=O)O)cc3OC)nc2N1C1CCCC1.NCCCCCCNC(=O)COc1cccc2c1C(=O)N(C1CCC(=O)NC1=O)C2=O.O=C(O)C(F)(F)F. The number of rotatable bonds is 33. The highest BCUT2D eigenvalue weighted by Crippen LogP contribution is 2.44. The number of carboxylic acid groups (broad SMARTS) is 2. The number of alkyl halides is 3. The van der Waals surface area contributed by atoms with E-state index in [0.29, 0.717) is 97.2 Å². The molecular formula is C88H105F3N18O21. The van der Waals surface area contributed by atoms with Crippen molar-refractivity contribution < 1.29 is 114 Å². The molecule has 2 aromatic heterocycles. The number of benzene rings is 4. The normalized spacial score (nSPS) is 18.2. The quantitative estimate of drug-likeness (QED) is 0.0139. The number of hydrogen-bond acceptors (Lipinski definition) is 28. The summed E-state index contributed by atoms with van der Waals surface area (Å²) in [5, 5.41) is 35.5. The molecule has 8 heterocycles. The Morgan fingerprint density at radius 3 is 1.28 bits per heavy atom. The third-order valence-electron chi connectivity index (χ3n) is 23.2. The minimum atomic E-state index is -5.08. The van der Waals surface area contributed by atoms with Gasteiger partial charge in [0.1, 0.15) is 58.5 Å². The number of carboxylic acids is 2. The van der Waals surface area contributed by atoms with Crippen molar-refractivity contribution in [2.75, 3.05) is 97.9 Å². The Morgan fingerprint density at radius 1 is 0.515 bits per heavy atom. The number of nitrogens with zero attached hydrogens (tertiary/aromatic N) is 10. The second-order valence-corrected chi connectivity index (χ2v) is 31.7. The Labute approximate surface area is 745 Å². The number of methoxy groups -OCH3 is 2. The van der Waals surface area contributed by atoms with Gasteiger partial charge in [0.05, 0.1) is 65.8 Å². The first-order valence-corrected chi connectivity index (χ1v) is 43.1. The maximum absolute atomic E-state index is 13.2. The fourth-order valence-corrected chi connectivity index (χ4v) is 16.6. The summed E-state index contributed by atoms with van der Waals surface area (Å²) in [5.74, 6) is -6.43. The van der Waals surface area contributed by atoms with Crippen LogP contribution in [0.4, 0.5) is 59.5 Å². The van der Waals surface area contributed by atoms with Crippen LogP contribution in [-0.4, -0.2) is 239 Å². The average molecular weight is 1810 g/mol. The van der Waals surface area contributed by atoms with Crippen molar-refractivity contribution in [2.45, 2.75) is 198 Å². The van der Waals surface area contributed by atoms with E-state index in [2.05, 4.69) is 57.0 Å². The van der Waals surface area contributed by atoms with Gasteiger partial charge in [-0.3, -0.25) is 82.8 Å². The number of fused-ring (bicyclic) bond motifs is 4. The van der Waals surface area contributed by atoms with Crippen molar-refractivity contribution in [1.29, 1.82) is 0 Å². The molecule has 130 heavy (non-hydrogen) atoms. The number of unbranched alkanes of at least 4 members (excludes halogenated alkanes) is 6. The number of aromatic nitrogens is 4. The lowest BCUT2D eigenvalue weighted by Gasteiger charge is -2.43. The molecule has 11 N–H and O–H groups in total. The first-order valence-electron chi connectivity index (χ1n) is 43.1. The van der Waals surface area contributed by atoms with Crippen molar-refractivity contribution in [3.8, 4) is 23.0 Å². The Balaban J connectivity index is 0.000000198. The van der Waals surface area contributed by atoms with Crippen LogP contribution in [0.25, 0.3) is 0 Å². The molecule has 2 saturated carbocycles. The zero-order valence-electron chi connectivity index (χ0n) is 72.7. The molecule has 39 nitrogen and oxygen atoms in total. The lowest BCUT2D eigenvalue weighted by Crippen LogP contribution is -2.55. The summed E-state index contributed by atoms with van der Waals surface area (Å²) in [4.78, 5) is 211. The molecule has 4 fully saturated rings. The zero-order valence-corrected chi connectivity index (χ0v) is 72.7. The molecule has 0 bridgehead atoms. The van der Waals surface area contributed by atoms with Crippen molar-refractivity contribution in [2.24, 2.45) is 5.73 Å². The second kappa shape index (κ2) is 44.2. The van der Waals surface area contributed by atoms with Gasteiger partial charge in [-0.2, -0.15) is 23.1 Å². The highest BCUT2D eigenvalue weighted by atomic mass is 19.4. The molecule has 6 aromatic rings. The predicted octanol–water partition coefficient (Wildman–Crippen LogP) is 7.79. The number of nitrogens with two attached hydrogens (primary N) is 1. The van der Waals surface area contributed by atoms with Crippen LogP contribution in [0.5, 0.6) is 23.0 Å². The van der Waals surface area contributed by atoms with Crippen molar-refractivity contribution in [1.82, 2.24) is 56.3 Å². The molecule has 13 amide bonds. The van der Waals surface area contributed by atoms with Gasteiger partial charge in [0.25, 0.3) is 41.4 Å². The van der Waals surface area contributed by atoms with Gasteiger partial charge in [0.15, 0.2) is 24.8 Å². The van der Waals surface area contributed by atoms with Gasteiger partial charge in [-0.05, 0) is 144 Å². The molecule has 2 saturated heterocycles. The zero-order chi connectivity index (χ0) is 93.8. The largest absolute Gasteiger partial charge is 0.495 e. The van der Waals surface area contributed by atoms with Crippen molar-refractivity contribution in [3.05, 3.63) is 119 Å². The predicted molar refractivity (Wildman–Crippen MR) is 463 cm³/mol. The lowest BCUT2D eigenvalue weighted by molar-refractivity contribution is -0.192. The second-order valence-electron chi connectivity index (χ2n) is 31.7. The van der Waals surface area contributed by atoms with E-state index in [0.717, 1.165) is 118 Å². The maximum atomic E-state index is 13.2. The summed E-state index contributed by atoms with van der Waals surface area (Å²) in [6, 6.07) is 16.5. The third kappa shape index (κ3) is 22.8. The number of aliphatic carboxylic acids is 1. The van der Waals surface area contributed by atoms with Crippen LogP contribution in [0.2, 0.25) is 0 Å². The van der Waals surface area contributed by atoms with E-state index in [-0.39, 0.29) is 126 Å². The monoisotopic (exact) mass is 1810 g/mol. The Hall–Kier alpha value is -14.0. The first-order chi connectivity index (χ1) is 62.3. The summed E-state index contributed by atoms with van der Waals surface area (Å²) in [5.41, 5.74) is 8.69. The van der Waals surface area contributed by atoms with Crippen LogP contribution in [0.15, 0.2) is 85.2 Å². The number of piperidine rings is 2. The van der Waals surface area contributed by atoms with Crippen LogP contribution in [0, 0.1) is 0 Å². The third-order valence-corrected chi connectivity index (χ3v) is 23.2. The Bertz CT molecular complexity index is 5300. The molecular weight excluding hydrogens is 1700 g/mol. The smallest absolute Gasteiger partial charge is 0.490 e. The van der Waals surface area contributed by atoms with Gasteiger partial charge in [0, 0.05) is 64.2 Å². The van der Waals surface area contributed by atoms with Gasteiger partial charge in [-0.1, -0.05) is 77.3 Å². The van der Waals surface area contributed by atoms with Crippen LogP contribution < -0.4 is 81.5 Å². The number of carbonyl (C=O) groups excluding carboxylic acids is 13. The minimum Gasteiger partial charge on any atom is -0.495 e. The Kier molecular flexibility index (Phi) is 32.8. The molecule has 4 atom stereocenters. The summed E-state index contributed by atoms with van der Waals surface area (Å²) in [6.07, 6.45) is 15.3. The van der Waals surface area contributed by atoms with Crippen LogP contribution in [0.3, 0.4) is 0 Å². The molecule has 2 aliphatic carbocycles. The van der Waals surface area contributed by atoms with Crippen LogP contribution in [-0.2, 0) is 43.2 Å². The van der Waals surface area contributed by atoms with Gasteiger partial charge in [0.2, 0.25) is 47.3 Å². The molecule has 6 aliphatic heterocycles. The van der Waals surface area contributed by atoms with E-state index in [9.17, 15) is 85.4 Å². The van der Waals surface area contributed by atoms with E-state index >= 15 is 0 Å². The van der Waals surface area contributed by atoms with E-state index < -0.39 is 83.4 Å². The molecule has 42 heteroatoms. The number of anilines is 8. The maximum Gasteiger partial charge on any atom is 0.490 e. The van der Waals surface area contributed by atoms with Crippen LogP contribution >= 0.6 is 0 Å². The molecule has 694 valence electrons. The molecule has 0 radical (unpaired) electrons. The fraction of sp³-hybridized carbons (Fsp3) is 0.466. The number of carbonyl (C=O) groups is 15. The van der Waals surface area contributed by atoms with Gasteiger partial charge < -0.3 is 81.1 Å². The number of hydrogen-bond donors (Lipinski definition) is 10. The number of nitrogens with one attached hydrogen (secondary N) is 7. The van der Waals surface area contributed by atoms with Crippen molar-refractivity contribution in [3.63, 3.8) is 0 Å². The highest BCUT2D eigenvalue weighted by molar-refractivity contribution is 6.26.